The normalized spacial score (nSPS) is 15.4. The van der Waals surface area contributed by atoms with E-state index in [0.29, 0.717) is 13.1 Å². The summed E-state index contributed by atoms with van der Waals surface area (Å²) in [6.45, 7) is 9.34. The molecule has 0 aliphatic carbocycles. The molecule has 1 heterocycles. The largest absolute Gasteiger partial charge is 0.368 e. The van der Waals surface area contributed by atoms with Crippen LogP contribution in [0.3, 0.4) is 0 Å². The second kappa shape index (κ2) is 6.87. The summed E-state index contributed by atoms with van der Waals surface area (Å²) in [7, 11) is 0. The zero-order valence-corrected chi connectivity index (χ0v) is 15.1. The van der Waals surface area contributed by atoms with E-state index in [9.17, 15) is 9.18 Å². The minimum Gasteiger partial charge on any atom is -0.368 e. The van der Waals surface area contributed by atoms with E-state index in [1.165, 1.54) is 17.3 Å². The molecule has 0 bridgehead atoms. The minimum absolute atomic E-state index is 0.142. The summed E-state index contributed by atoms with van der Waals surface area (Å²) >= 11 is 0. The van der Waals surface area contributed by atoms with Crippen LogP contribution in [0.5, 0.6) is 0 Å². The van der Waals surface area contributed by atoms with Crippen molar-refractivity contribution in [2.24, 2.45) is 0 Å². The minimum atomic E-state index is -0.451. The first-order valence-electron chi connectivity index (χ1n) is 8.75. The summed E-state index contributed by atoms with van der Waals surface area (Å²) in [6.07, 6.45) is 0. The summed E-state index contributed by atoms with van der Waals surface area (Å²) in [5, 5.41) is 0. The first-order valence-corrected chi connectivity index (χ1v) is 8.75. The van der Waals surface area contributed by atoms with Gasteiger partial charge in [0.1, 0.15) is 5.82 Å². The first-order chi connectivity index (χ1) is 11.9. The topological polar surface area (TPSA) is 23.6 Å². The Morgan fingerprint density at radius 1 is 0.920 bits per heavy atom. The van der Waals surface area contributed by atoms with Gasteiger partial charge in [0.15, 0.2) is 0 Å². The van der Waals surface area contributed by atoms with Crippen molar-refractivity contribution in [2.45, 2.75) is 26.2 Å². The van der Waals surface area contributed by atoms with Crippen LogP contribution in [0.25, 0.3) is 0 Å². The van der Waals surface area contributed by atoms with E-state index in [2.05, 4.69) is 49.9 Å². The van der Waals surface area contributed by atoms with Gasteiger partial charge in [0.05, 0.1) is 5.56 Å². The Morgan fingerprint density at radius 2 is 1.52 bits per heavy atom. The zero-order chi connectivity index (χ0) is 18.0. The Balaban J connectivity index is 1.64. The molecule has 0 spiro atoms. The van der Waals surface area contributed by atoms with Gasteiger partial charge in [-0.1, -0.05) is 45.0 Å². The molecule has 0 saturated carbocycles. The van der Waals surface area contributed by atoms with E-state index in [-0.39, 0.29) is 16.9 Å². The Bertz CT molecular complexity index is 741. The highest BCUT2D eigenvalue weighted by Gasteiger charge is 2.24. The second-order valence-corrected chi connectivity index (χ2v) is 7.56. The van der Waals surface area contributed by atoms with E-state index in [1.807, 2.05) is 0 Å². The van der Waals surface area contributed by atoms with Gasteiger partial charge >= 0.3 is 0 Å². The average molecular weight is 340 g/mol. The van der Waals surface area contributed by atoms with Crippen molar-refractivity contribution in [3.05, 3.63) is 65.5 Å². The fourth-order valence-corrected chi connectivity index (χ4v) is 3.14. The number of hydrogen-bond donors (Lipinski definition) is 0. The number of anilines is 1. The van der Waals surface area contributed by atoms with Gasteiger partial charge in [-0.05, 0) is 35.2 Å². The molecule has 1 fully saturated rings. The molecule has 2 aromatic carbocycles. The van der Waals surface area contributed by atoms with E-state index < -0.39 is 5.82 Å². The first kappa shape index (κ1) is 17.5. The van der Waals surface area contributed by atoms with Crippen LogP contribution in [0.2, 0.25) is 0 Å². The van der Waals surface area contributed by atoms with Crippen molar-refractivity contribution in [3.63, 3.8) is 0 Å². The molecule has 3 rings (SSSR count). The molecule has 0 atom stereocenters. The Kier molecular flexibility index (Phi) is 4.80. The number of carbonyl (C=O) groups excluding carboxylic acids is 1. The third kappa shape index (κ3) is 3.84. The maximum atomic E-state index is 13.8. The van der Waals surface area contributed by atoms with Crippen molar-refractivity contribution in [1.82, 2.24) is 4.90 Å². The number of halogens is 1. The summed E-state index contributed by atoms with van der Waals surface area (Å²) in [6, 6.07) is 14.8. The van der Waals surface area contributed by atoms with Gasteiger partial charge < -0.3 is 9.80 Å². The van der Waals surface area contributed by atoms with Gasteiger partial charge in [-0.15, -0.1) is 0 Å². The van der Waals surface area contributed by atoms with Gasteiger partial charge in [0.2, 0.25) is 0 Å². The molecule has 1 aliphatic rings. The van der Waals surface area contributed by atoms with Gasteiger partial charge in [-0.2, -0.15) is 0 Å². The fourth-order valence-electron chi connectivity index (χ4n) is 3.14. The van der Waals surface area contributed by atoms with Crippen molar-refractivity contribution in [2.75, 3.05) is 31.1 Å². The molecular weight excluding hydrogens is 315 g/mol. The van der Waals surface area contributed by atoms with E-state index in [1.54, 1.807) is 23.1 Å². The monoisotopic (exact) mass is 340 g/mol. The molecule has 0 radical (unpaired) electrons. The lowest BCUT2D eigenvalue weighted by Gasteiger charge is -2.36. The van der Waals surface area contributed by atoms with Crippen molar-refractivity contribution in [3.8, 4) is 0 Å². The number of benzene rings is 2. The van der Waals surface area contributed by atoms with E-state index >= 15 is 0 Å². The molecule has 1 saturated heterocycles. The lowest BCUT2D eigenvalue weighted by Crippen LogP contribution is -2.49. The second-order valence-electron chi connectivity index (χ2n) is 7.56. The number of amides is 1. The Labute approximate surface area is 149 Å². The van der Waals surface area contributed by atoms with Crippen LogP contribution in [0, 0.1) is 5.82 Å². The van der Waals surface area contributed by atoms with Crippen molar-refractivity contribution in [1.29, 1.82) is 0 Å². The van der Waals surface area contributed by atoms with Crippen LogP contribution >= 0.6 is 0 Å². The maximum Gasteiger partial charge on any atom is 0.256 e. The number of rotatable bonds is 2. The lowest BCUT2D eigenvalue weighted by molar-refractivity contribution is 0.0742. The van der Waals surface area contributed by atoms with Gasteiger partial charge in [0.25, 0.3) is 5.91 Å². The molecule has 0 unspecified atom stereocenters. The van der Waals surface area contributed by atoms with Gasteiger partial charge in [-0.25, -0.2) is 4.39 Å². The maximum absolute atomic E-state index is 13.8. The highest BCUT2D eigenvalue weighted by Crippen LogP contribution is 2.25. The molecule has 1 amide bonds. The molecule has 0 aromatic heterocycles. The molecule has 132 valence electrons. The predicted octanol–water partition coefficient (Wildman–Crippen LogP) is 4.09. The van der Waals surface area contributed by atoms with E-state index in [0.717, 1.165) is 13.1 Å². The molecular formula is C21H25FN2O. The summed E-state index contributed by atoms with van der Waals surface area (Å²) < 4.78 is 13.8. The summed E-state index contributed by atoms with van der Waals surface area (Å²) in [5.74, 6) is -0.673. The third-order valence-corrected chi connectivity index (χ3v) is 4.77. The fraction of sp³-hybridized carbons (Fsp3) is 0.381. The molecule has 2 aromatic rings. The number of piperazine rings is 1. The van der Waals surface area contributed by atoms with Gasteiger partial charge in [-0.3, -0.25) is 4.79 Å². The van der Waals surface area contributed by atoms with Crippen molar-refractivity contribution < 1.29 is 9.18 Å². The zero-order valence-electron chi connectivity index (χ0n) is 15.1. The van der Waals surface area contributed by atoms with E-state index in [4.69, 9.17) is 0 Å². The third-order valence-electron chi connectivity index (χ3n) is 4.77. The molecule has 4 heteroatoms. The molecule has 1 aliphatic heterocycles. The highest BCUT2D eigenvalue weighted by molar-refractivity contribution is 5.94. The summed E-state index contributed by atoms with van der Waals surface area (Å²) in [4.78, 5) is 16.5. The van der Waals surface area contributed by atoms with Crippen molar-refractivity contribution >= 4 is 11.6 Å². The van der Waals surface area contributed by atoms with Crippen LogP contribution in [-0.4, -0.2) is 37.0 Å². The van der Waals surface area contributed by atoms with Crippen LogP contribution < -0.4 is 4.90 Å². The predicted molar refractivity (Wildman–Crippen MR) is 99.7 cm³/mol. The number of nitrogens with zero attached hydrogens (tertiary/aromatic N) is 2. The Morgan fingerprint density at radius 3 is 2.08 bits per heavy atom. The van der Waals surface area contributed by atoms with Crippen LogP contribution in [0.1, 0.15) is 36.7 Å². The van der Waals surface area contributed by atoms with Crippen LogP contribution in [0.4, 0.5) is 10.1 Å². The number of hydrogen-bond acceptors (Lipinski definition) is 2. The smallest absolute Gasteiger partial charge is 0.256 e. The van der Waals surface area contributed by atoms with Crippen LogP contribution in [0.15, 0.2) is 48.5 Å². The lowest BCUT2D eigenvalue weighted by atomic mass is 9.87. The molecule has 0 N–H and O–H groups in total. The standard InChI is InChI=1S/C21H25FN2O/c1-21(2,3)16-8-10-17(11-9-16)23-12-14-24(15-13-23)20(25)18-6-4-5-7-19(18)22/h4-11H,12-15H2,1-3H3. The molecule has 3 nitrogen and oxygen atoms in total. The Hall–Kier alpha value is -2.36. The quantitative estimate of drug-likeness (QED) is 0.822. The highest BCUT2D eigenvalue weighted by atomic mass is 19.1. The average Bonchev–Trinajstić information content (AvgIpc) is 2.61. The van der Waals surface area contributed by atoms with Crippen LogP contribution in [-0.2, 0) is 5.41 Å². The number of carbonyl (C=O) groups is 1. The molecule has 25 heavy (non-hydrogen) atoms. The van der Waals surface area contributed by atoms with Gasteiger partial charge in [0, 0.05) is 31.9 Å². The summed E-state index contributed by atoms with van der Waals surface area (Å²) in [5.41, 5.74) is 2.78. The SMILES string of the molecule is CC(C)(C)c1ccc(N2CCN(C(=O)c3ccccc3F)CC2)cc1.